The molecule has 0 radical (unpaired) electrons. The van der Waals surface area contributed by atoms with Crippen LogP contribution in [0, 0.1) is 5.82 Å². The Hall–Kier alpha value is -4.12. The molecule has 146 valence electrons. The van der Waals surface area contributed by atoms with Crippen molar-refractivity contribution in [2.75, 3.05) is 0 Å². The number of hydrogen-bond donors (Lipinski definition) is 1. The van der Waals surface area contributed by atoms with E-state index in [-0.39, 0.29) is 11.7 Å². The summed E-state index contributed by atoms with van der Waals surface area (Å²) >= 11 is 0. The zero-order valence-electron chi connectivity index (χ0n) is 16.0. The van der Waals surface area contributed by atoms with E-state index in [1.54, 1.807) is 30.5 Å². The predicted molar refractivity (Wildman–Crippen MR) is 117 cm³/mol. The number of nitrogens with zero attached hydrogens (tertiary/aromatic N) is 2. The third kappa shape index (κ3) is 4.64. The molecular weight excluding hydrogens is 377 g/mol. The highest BCUT2D eigenvalue weighted by molar-refractivity contribution is 5.97. The lowest BCUT2D eigenvalue weighted by Gasteiger charge is -2.09. The minimum atomic E-state index is -0.356. The van der Waals surface area contributed by atoms with E-state index in [2.05, 4.69) is 15.5 Å². The van der Waals surface area contributed by atoms with Gasteiger partial charge in [0.25, 0.3) is 5.91 Å². The molecule has 0 saturated heterocycles. The predicted octanol–water partition coefficient (Wildman–Crippen LogP) is 5.32. The fraction of sp³-hybridized carbons (Fsp3) is 0. The molecule has 5 heteroatoms. The summed E-state index contributed by atoms with van der Waals surface area (Å²) in [5.41, 5.74) is 6.67. The van der Waals surface area contributed by atoms with Crippen LogP contribution in [0.4, 0.5) is 4.39 Å². The Morgan fingerprint density at radius 1 is 0.800 bits per heavy atom. The molecule has 0 bridgehead atoms. The van der Waals surface area contributed by atoms with E-state index in [1.807, 2.05) is 60.7 Å². The summed E-state index contributed by atoms with van der Waals surface area (Å²) in [6, 6.07) is 28.5. The molecule has 1 aromatic heterocycles. The van der Waals surface area contributed by atoms with Gasteiger partial charge in [-0.15, -0.1) is 0 Å². The largest absolute Gasteiger partial charge is 0.271 e. The average molecular weight is 395 g/mol. The first-order chi connectivity index (χ1) is 14.7. The van der Waals surface area contributed by atoms with Crippen LogP contribution >= 0.6 is 0 Å². The molecule has 0 unspecified atom stereocenters. The molecule has 30 heavy (non-hydrogen) atoms. The van der Waals surface area contributed by atoms with Gasteiger partial charge in [-0.2, -0.15) is 5.10 Å². The molecule has 0 saturated carbocycles. The fourth-order valence-electron chi connectivity index (χ4n) is 2.96. The van der Waals surface area contributed by atoms with Gasteiger partial charge in [0.2, 0.25) is 0 Å². The first-order valence-corrected chi connectivity index (χ1v) is 9.41. The van der Waals surface area contributed by atoms with E-state index < -0.39 is 0 Å². The van der Waals surface area contributed by atoms with E-state index in [1.165, 1.54) is 12.1 Å². The highest BCUT2D eigenvalue weighted by Crippen LogP contribution is 2.25. The molecule has 0 fully saturated rings. The van der Waals surface area contributed by atoms with Crippen LogP contribution in [0.2, 0.25) is 0 Å². The van der Waals surface area contributed by atoms with Crippen molar-refractivity contribution >= 4 is 12.1 Å². The van der Waals surface area contributed by atoms with Gasteiger partial charge in [0.15, 0.2) is 0 Å². The Balaban J connectivity index is 1.67. The van der Waals surface area contributed by atoms with E-state index in [0.29, 0.717) is 17.0 Å². The number of halogens is 1. The Kier molecular flexibility index (Phi) is 5.71. The van der Waals surface area contributed by atoms with Crippen molar-refractivity contribution in [1.82, 2.24) is 10.4 Å². The number of hydrazone groups is 1. The summed E-state index contributed by atoms with van der Waals surface area (Å²) in [4.78, 5) is 17.4. The summed E-state index contributed by atoms with van der Waals surface area (Å²) in [6.45, 7) is 0. The molecule has 0 aliphatic heterocycles. The van der Waals surface area contributed by atoms with Crippen LogP contribution in [0.5, 0.6) is 0 Å². The van der Waals surface area contributed by atoms with E-state index >= 15 is 0 Å². The smallest absolute Gasteiger partial charge is 0.267 e. The second kappa shape index (κ2) is 8.92. The van der Waals surface area contributed by atoms with Crippen LogP contribution in [0.15, 0.2) is 102 Å². The molecule has 3 aromatic carbocycles. The van der Waals surface area contributed by atoms with E-state index in [0.717, 1.165) is 16.7 Å². The Morgan fingerprint density at radius 2 is 1.37 bits per heavy atom. The summed E-state index contributed by atoms with van der Waals surface area (Å²) in [6.07, 6.45) is 1.58. The minimum absolute atomic E-state index is 0.328. The van der Waals surface area contributed by atoms with Gasteiger partial charge in [-0.3, -0.25) is 4.79 Å². The summed E-state index contributed by atoms with van der Waals surface area (Å²) in [7, 11) is 0. The quantitative estimate of drug-likeness (QED) is 0.367. The van der Waals surface area contributed by atoms with Crippen molar-refractivity contribution in [2.45, 2.75) is 0 Å². The van der Waals surface area contributed by atoms with Crippen molar-refractivity contribution in [1.29, 1.82) is 0 Å². The number of carbonyl (C=O) groups is 1. The number of hydrogen-bond acceptors (Lipinski definition) is 3. The van der Waals surface area contributed by atoms with Crippen molar-refractivity contribution in [3.05, 3.63) is 114 Å². The molecule has 4 nitrogen and oxygen atoms in total. The Labute approximate surface area is 173 Å². The topological polar surface area (TPSA) is 54.4 Å². The number of pyridine rings is 1. The van der Waals surface area contributed by atoms with Crippen LogP contribution in [0.25, 0.3) is 22.5 Å². The highest BCUT2D eigenvalue weighted by atomic mass is 19.1. The molecule has 1 N–H and O–H groups in total. The number of nitrogens with one attached hydrogen (secondary N) is 1. The standard InChI is InChI=1S/C25H18FN3O/c26-22-13-11-20(12-14-22)24-16-21(15-23(28-24)19-9-5-2-6-10-19)25(30)29-27-17-18-7-3-1-4-8-18/h1-17H,(H,29,30)/b27-17+. The minimum Gasteiger partial charge on any atom is -0.267 e. The molecule has 1 heterocycles. The molecule has 0 aliphatic carbocycles. The van der Waals surface area contributed by atoms with Crippen LogP contribution in [0.1, 0.15) is 15.9 Å². The Morgan fingerprint density at radius 3 is 2.00 bits per heavy atom. The normalized spacial score (nSPS) is 10.8. The molecular formula is C25H18FN3O. The number of benzene rings is 3. The van der Waals surface area contributed by atoms with Gasteiger partial charge in [-0.1, -0.05) is 60.7 Å². The van der Waals surface area contributed by atoms with Crippen molar-refractivity contribution in [3.63, 3.8) is 0 Å². The molecule has 4 aromatic rings. The van der Waals surface area contributed by atoms with Crippen molar-refractivity contribution in [3.8, 4) is 22.5 Å². The monoisotopic (exact) mass is 395 g/mol. The maximum absolute atomic E-state index is 13.3. The first-order valence-electron chi connectivity index (χ1n) is 9.41. The maximum Gasteiger partial charge on any atom is 0.271 e. The van der Waals surface area contributed by atoms with Crippen LogP contribution in [-0.4, -0.2) is 17.1 Å². The Bertz CT molecular complexity index is 1170. The third-order valence-corrected chi connectivity index (χ3v) is 4.48. The molecule has 4 rings (SSSR count). The molecule has 0 atom stereocenters. The maximum atomic E-state index is 13.3. The van der Waals surface area contributed by atoms with E-state index in [9.17, 15) is 9.18 Å². The van der Waals surface area contributed by atoms with Crippen LogP contribution in [0.3, 0.4) is 0 Å². The lowest BCUT2D eigenvalue weighted by molar-refractivity contribution is 0.0955. The van der Waals surface area contributed by atoms with Gasteiger partial charge in [-0.05, 0) is 42.0 Å². The van der Waals surface area contributed by atoms with Crippen LogP contribution < -0.4 is 5.43 Å². The molecule has 0 aliphatic rings. The average Bonchev–Trinajstić information content (AvgIpc) is 2.80. The lowest BCUT2D eigenvalue weighted by Crippen LogP contribution is -2.18. The first kappa shape index (κ1) is 19.2. The number of carbonyl (C=O) groups excluding carboxylic acids is 1. The highest BCUT2D eigenvalue weighted by Gasteiger charge is 2.12. The third-order valence-electron chi connectivity index (χ3n) is 4.48. The van der Waals surface area contributed by atoms with Crippen molar-refractivity contribution in [2.24, 2.45) is 5.10 Å². The fourth-order valence-corrected chi connectivity index (χ4v) is 2.96. The zero-order chi connectivity index (χ0) is 20.8. The summed E-state index contributed by atoms with van der Waals surface area (Å²) < 4.78 is 13.3. The number of amides is 1. The molecule has 0 spiro atoms. The van der Waals surface area contributed by atoms with E-state index in [4.69, 9.17) is 0 Å². The number of aromatic nitrogens is 1. The van der Waals surface area contributed by atoms with Gasteiger partial charge in [-0.25, -0.2) is 14.8 Å². The van der Waals surface area contributed by atoms with Gasteiger partial charge >= 0.3 is 0 Å². The second-order valence-electron chi connectivity index (χ2n) is 6.61. The lowest BCUT2D eigenvalue weighted by atomic mass is 10.0. The van der Waals surface area contributed by atoms with Gasteiger partial charge in [0.1, 0.15) is 5.82 Å². The van der Waals surface area contributed by atoms with Gasteiger partial charge < -0.3 is 0 Å². The zero-order valence-corrected chi connectivity index (χ0v) is 16.0. The molecule has 1 amide bonds. The summed E-state index contributed by atoms with van der Waals surface area (Å²) in [5, 5.41) is 4.04. The second-order valence-corrected chi connectivity index (χ2v) is 6.61. The SMILES string of the molecule is O=C(N/N=C/c1ccccc1)c1cc(-c2ccccc2)nc(-c2ccc(F)cc2)c1. The van der Waals surface area contributed by atoms with Gasteiger partial charge in [0, 0.05) is 16.7 Å². The van der Waals surface area contributed by atoms with Crippen LogP contribution in [-0.2, 0) is 0 Å². The van der Waals surface area contributed by atoms with Gasteiger partial charge in [0.05, 0.1) is 17.6 Å². The summed E-state index contributed by atoms with van der Waals surface area (Å²) in [5.74, 6) is -0.684. The number of rotatable bonds is 5. The van der Waals surface area contributed by atoms with Crippen molar-refractivity contribution < 1.29 is 9.18 Å².